The Morgan fingerprint density at radius 2 is 1.12 bits per heavy atom. The fourth-order valence-electron chi connectivity index (χ4n) is 4.66. The first-order valence-electron chi connectivity index (χ1n) is 14.8. The zero-order valence-corrected chi connectivity index (χ0v) is 27.8. The second-order valence-electron chi connectivity index (χ2n) is 10.5. The Balaban J connectivity index is 0.000000216. The van der Waals surface area contributed by atoms with Gasteiger partial charge in [-0.05, 0) is 67.9 Å². The third-order valence-electron chi connectivity index (χ3n) is 7.23. The number of phenolic OH excluding ortho intramolecular Hbond substituents is 2. The van der Waals surface area contributed by atoms with Crippen molar-refractivity contribution >= 4 is 23.8 Å². The molecule has 13 heteroatoms. The number of nitrogens with zero attached hydrogens (tertiary/aromatic N) is 6. The molecule has 0 aliphatic carbocycles. The Labute approximate surface area is 292 Å². The summed E-state index contributed by atoms with van der Waals surface area (Å²) in [6.45, 7) is 3.46. The van der Waals surface area contributed by atoms with Crippen molar-refractivity contribution in [1.29, 1.82) is 0 Å². The Morgan fingerprint density at radius 3 is 1.59 bits per heavy atom. The first-order valence-corrected chi connectivity index (χ1v) is 14.8. The molecule has 12 nitrogen and oxygen atoms in total. The van der Waals surface area contributed by atoms with Crippen molar-refractivity contribution < 1.29 is 47.0 Å². The molecule has 0 aliphatic rings. The maximum absolute atomic E-state index is 10.5. The van der Waals surface area contributed by atoms with Gasteiger partial charge in [0.1, 0.15) is 28.6 Å². The number of aromatic nitrogens is 4. The molecule has 0 atom stereocenters. The fraction of sp³-hybridized carbons (Fsp3) is 0.111. The van der Waals surface area contributed by atoms with Crippen LogP contribution in [0.3, 0.4) is 0 Å². The molecular formula is C36H34CoN6O6. The summed E-state index contributed by atoms with van der Waals surface area (Å²) in [4.78, 5) is 8.44. The maximum atomic E-state index is 10.5. The molecule has 1 radical (unpaired) electrons. The number of hydrogen-bond acceptors (Lipinski definition) is 10. The van der Waals surface area contributed by atoms with Crippen LogP contribution in [-0.4, -0.2) is 64.6 Å². The smallest absolute Gasteiger partial charge is 0.223 e. The Hall–Kier alpha value is -5.89. The predicted molar refractivity (Wildman–Crippen MR) is 183 cm³/mol. The molecule has 253 valence electrons. The molecular weight excluding hydrogens is 671 g/mol. The van der Waals surface area contributed by atoms with E-state index in [1.165, 1.54) is 21.8 Å². The number of methoxy groups -OCH3 is 1. The quantitative estimate of drug-likeness (QED) is 0.117. The Kier molecular flexibility index (Phi) is 11.9. The molecule has 0 saturated carbocycles. The van der Waals surface area contributed by atoms with E-state index in [9.17, 15) is 25.5 Å². The van der Waals surface area contributed by atoms with Crippen molar-refractivity contribution in [2.24, 2.45) is 9.98 Å². The Morgan fingerprint density at radius 1 is 0.653 bits per heavy atom. The Bertz CT molecular complexity index is 1960. The molecule has 0 saturated heterocycles. The van der Waals surface area contributed by atoms with Gasteiger partial charge in [-0.1, -0.05) is 42.5 Å². The average Bonchev–Trinajstić information content (AvgIpc) is 3.56. The summed E-state index contributed by atoms with van der Waals surface area (Å²) >= 11 is 0. The zero-order valence-electron chi connectivity index (χ0n) is 26.8. The molecule has 6 rings (SSSR count). The first kappa shape index (κ1) is 36.0. The summed E-state index contributed by atoms with van der Waals surface area (Å²) in [6, 6.07) is 27.8. The van der Waals surface area contributed by atoms with Gasteiger partial charge in [0.15, 0.2) is 0 Å². The van der Waals surface area contributed by atoms with Gasteiger partial charge < -0.3 is 30.3 Å². The van der Waals surface area contributed by atoms with Gasteiger partial charge in [-0.25, -0.2) is 9.36 Å². The molecule has 4 aromatic carbocycles. The third-order valence-corrected chi connectivity index (χ3v) is 7.23. The van der Waals surface area contributed by atoms with Gasteiger partial charge >= 0.3 is 0 Å². The molecule has 0 fully saturated rings. The fourth-order valence-corrected chi connectivity index (χ4v) is 4.66. The molecule has 0 bridgehead atoms. The van der Waals surface area contributed by atoms with E-state index < -0.39 is 0 Å². The molecule has 2 aromatic heterocycles. The number of aliphatic hydroxyl groups is 1. The summed E-state index contributed by atoms with van der Waals surface area (Å²) in [6.07, 6.45) is 2.96. The van der Waals surface area contributed by atoms with Gasteiger partial charge in [-0.3, -0.25) is 9.98 Å². The van der Waals surface area contributed by atoms with Gasteiger partial charge in [-0.15, -0.1) is 0 Å². The second-order valence-corrected chi connectivity index (χ2v) is 10.5. The topological polar surface area (TPSA) is 171 Å². The minimum atomic E-state index is -0.0869. The number of para-hydroxylation sites is 4. The molecule has 2 heterocycles. The number of aryl methyl sites for hydroxylation is 2. The zero-order chi connectivity index (χ0) is 34.2. The van der Waals surface area contributed by atoms with E-state index in [4.69, 9.17) is 4.74 Å². The van der Waals surface area contributed by atoms with E-state index in [1.807, 2.05) is 18.2 Å². The molecule has 6 aromatic rings. The number of rotatable bonds is 8. The summed E-state index contributed by atoms with van der Waals surface area (Å²) in [5, 5.41) is 58.3. The van der Waals surface area contributed by atoms with E-state index in [2.05, 4.69) is 20.2 Å². The van der Waals surface area contributed by atoms with Crippen LogP contribution in [0.5, 0.6) is 29.0 Å². The van der Waals surface area contributed by atoms with E-state index in [-0.39, 0.29) is 46.6 Å². The van der Waals surface area contributed by atoms with Crippen LogP contribution < -0.4 is 4.74 Å². The van der Waals surface area contributed by atoms with Crippen LogP contribution in [0, 0.1) is 13.8 Å². The van der Waals surface area contributed by atoms with Crippen molar-refractivity contribution in [2.45, 2.75) is 20.5 Å². The molecule has 0 spiro atoms. The van der Waals surface area contributed by atoms with Crippen molar-refractivity contribution in [3.8, 4) is 40.4 Å². The van der Waals surface area contributed by atoms with Crippen LogP contribution in [0.4, 0.5) is 11.4 Å². The predicted octanol–water partition coefficient (Wildman–Crippen LogP) is 6.18. The SMILES string of the molecule is COc1cccc(-n2nc(C)c(C=Nc3ccccc3O)c2O)c1.Cc1nn(-c2cccc(CO)c2)c(O)c1C=Nc1ccccc1O.[Co]. The molecule has 0 amide bonds. The van der Waals surface area contributed by atoms with Gasteiger partial charge in [0.05, 0.1) is 47.6 Å². The summed E-state index contributed by atoms with van der Waals surface area (Å²) in [7, 11) is 1.58. The van der Waals surface area contributed by atoms with Crippen LogP contribution in [0.15, 0.2) is 107 Å². The summed E-state index contributed by atoms with van der Waals surface area (Å²) in [5.74, 6) is 0.728. The van der Waals surface area contributed by atoms with Crippen molar-refractivity contribution in [2.75, 3.05) is 7.11 Å². The van der Waals surface area contributed by atoms with Gasteiger partial charge in [0, 0.05) is 35.3 Å². The third kappa shape index (κ3) is 8.34. The molecule has 5 N–H and O–H groups in total. The first-order chi connectivity index (χ1) is 23.2. The summed E-state index contributed by atoms with van der Waals surface area (Å²) < 4.78 is 8.01. The number of aliphatic hydroxyl groups excluding tert-OH is 1. The van der Waals surface area contributed by atoms with Crippen molar-refractivity contribution in [3.05, 3.63) is 125 Å². The molecule has 49 heavy (non-hydrogen) atoms. The van der Waals surface area contributed by atoms with E-state index in [0.29, 0.717) is 51.0 Å². The number of benzene rings is 4. The standard InChI is InChI=1S/2C18H17N3O3.Co/c1-12-15(11-19-16-8-3-4-9-17(16)22)18(23)21(20-12)13-6-5-7-14(10-13)24-2;1-12-15(10-19-16-7-2-3-8-17(16)23)18(24)21(20-12)14-6-4-5-13(9-14)11-22;/h3-11,22-23H,1-2H3;2-10,22-24H,11H2,1H3;. The normalized spacial score (nSPS) is 10.9. The van der Waals surface area contributed by atoms with Crippen LogP contribution in [-0.2, 0) is 23.4 Å². The van der Waals surface area contributed by atoms with Crippen LogP contribution in [0.1, 0.15) is 28.1 Å². The monoisotopic (exact) mass is 705 g/mol. The largest absolute Gasteiger partial charge is 0.506 e. The van der Waals surface area contributed by atoms with Gasteiger partial charge in [0.25, 0.3) is 0 Å². The van der Waals surface area contributed by atoms with E-state index >= 15 is 0 Å². The molecule has 0 unspecified atom stereocenters. The van der Waals surface area contributed by atoms with Crippen molar-refractivity contribution in [1.82, 2.24) is 19.6 Å². The minimum absolute atomic E-state index is 0. The average molecular weight is 706 g/mol. The van der Waals surface area contributed by atoms with Gasteiger partial charge in [0.2, 0.25) is 11.8 Å². The maximum Gasteiger partial charge on any atom is 0.223 e. The number of ether oxygens (including phenoxy) is 1. The van der Waals surface area contributed by atoms with Gasteiger partial charge in [-0.2, -0.15) is 10.2 Å². The summed E-state index contributed by atoms with van der Waals surface area (Å²) in [5.41, 5.74) is 5.05. The van der Waals surface area contributed by atoms with Crippen LogP contribution in [0.2, 0.25) is 0 Å². The van der Waals surface area contributed by atoms with E-state index in [1.54, 1.807) is 99.8 Å². The van der Waals surface area contributed by atoms with Crippen molar-refractivity contribution in [3.63, 3.8) is 0 Å². The minimum Gasteiger partial charge on any atom is -0.506 e. The van der Waals surface area contributed by atoms with Crippen LogP contribution in [0.25, 0.3) is 11.4 Å². The number of aromatic hydroxyl groups is 4. The number of hydrogen-bond donors (Lipinski definition) is 5. The number of aliphatic imine (C=N–C) groups is 2. The van der Waals surface area contributed by atoms with Crippen LogP contribution >= 0.6 is 0 Å². The van der Waals surface area contributed by atoms with E-state index in [0.717, 1.165) is 5.56 Å². The second kappa shape index (κ2) is 16.3. The number of phenols is 2. The molecule has 0 aliphatic heterocycles.